The summed E-state index contributed by atoms with van der Waals surface area (Å²) in [5.41, 5.74) is 1.41. The second kappa shape index (κ2) is 18.2. The number of nitriles is 1. The molecule has 13 heteroatoms. The van der Waals surface area contributed by atoms with E-state index in [1.165, 1.54) is 10.8 Å². The predicted octanol–water partition coefficient (Wildman–Crippen LogP) is 6.30. The van der Waals surface area contributed by atoms with Gasteiger partial charge >= 0.3 is 5.69 Å². The minimum Gasteiger partial charge on any atom is -0.497 e. The molecule has 0 bridgehead atoms. The smallest absolute Gasteiger partial charge is 0.330 e. The first-order chi connectivity index (χ1) is 25.5. The minimum atomic E-state index is -1.68. The fraction of sp³-hybridized carbons (Fsp3) is 0.425. The van der Waals surface area contributed by atoms with Gasteiger partial charge in [-0.25, -0.2) is 9.46 Å². The van der Waals surface area contributed by atoms with Crippen molar-refractivity contribution in [3.8, 4) is 11.8 Å². The molecule has 1 fully saturated rings. The minimum absolute atomic E-state index is 0.0195. The number of aliphatic hydroxyl groups excluding tert-OH is 1. The quantitative estimate of drug-likeness (QED) is 0.0717. The van der Waals surface area contributed by atoms with Crippen LogP contribution in [-0.4, -0.2) is 63.9 Å². The molecule has 5 rings (SSSR count). The van der Waals surface area contributed by atoms with Crippen LogP contribution in [0.25, 0.3) is 0 Å². The van der Waals surface area contributed by atoms with Gasteiger partial charge in [-0.05, 0) is 69.0 Å². The highest BCUT2D eigenvalue weighted by Crippen LogP contribution is 2.50. The largest absolute Gasteiger partial charge is 0.497 e. The van der Waals surface area contributed by atoms with Crippen LogP contribution in [0.1, 0.15) is 74.6 Å². The zero-order chi connectivity index (χ0) is 38.1. The molecule has 1 aliphatic heterocycles. The summed E-state index contributed by atoms with van der Waals surface area (Å²) in [6.45, 7) is 9.99. The Bertz CT molecular complexity index is 1870. The number of nitrogens with one attached hydrogen (secondary N) is 1. The van der Waals surface area contributed by atoms with E-state index in [1.807, 2.05) is 78.9 Å². The topological polar surface area (TPSA) is 148 Å². The van der Waals surface area contributed by atoms with E-state index in [9.17, 15) is 20.0 Å². The van der Waals surface area contributed by atoms with Gasteiger partial charge in [-0.1, -0.05) is 66.7 Å². The summed E-state index contributed by atoms with van der Waals surface area (Å²) in [4.78, 5) is 27.8. The number of H-pyrrole nitrogens is 1. The number of aliphatic hydroxyl groups is 1. The summed E-state index contributed by atoms with van der Waals surface area (Å²) >= 11 is 0. The van der Waals surface area contributed by atoms with E-state index in [-0.39, 0.29) is 44.7 Å². The lowest BCUT2D eigenvalue weighted by Gasteiger charge is -2.39. The van der Waals surface area contributed by atoms with Gasteiger partial charge in [0.25, 0.3) is 14.1 Å². The maximum atomic E-state index is 13.1. The monoisotopic (exact) mass is 744 g/mol. The highest BCUT2D eigenvalue weighted by Gasteiger charge is 2.45. The average Bonchev–Trinajstić information content (AvgIpc) is 3.56. The Balaban J connectivity index is 1.60. The van der Waals surface area contributed by atoms with Gasteiger partial charge in [-0.3, -0.25) is 14.3 Å². The third-order valence-electron chi connectivity index (χ3n) is 9.21. The maximum absolute atomic E-state index is 13.1. The van der Waals surface area contributed by atoms with Gasteiger partial charge in [-0.2, -0.15) is 5.26 Å². The Morgan fingerprint density at radius 1 is 1.00 bits per heavy atom. The van der Waals surface area contributed by atoms with Crippen LogP contribution in [0, 0.1) is 18.3 Å². The van der Waals surface area contributed by atoms with Crippen LogP contribution in [0.4, 0.5) is 0 Å². The fourth-order valence-electron chi connectivity index (χ4n) is 6.64. The number of ether oxygens (including phenoxy) is 3. The van der Waals surface area contributed by atoms with Crippen LogP contribution in [0.15, 0.2) is 94.6 Å². The molecule has 3 aromatic carbocycles. The summed E-state index contributed by atoms with van der Waals surface area (Å²) in [6, 6.07) is 27.5. The number of hydrogen-bond acceptors (Lipinski definition) is 10. The summed E-state index contributed by atoms with van der Waals surface area (Å²) in [5, 5.41) is 19.2. The molecule has 1 aromatic heterocycles. The Labute approximate surface area is 311 Å². The van der Waals surface area contributed by atoms with E-state index in [0.717, 1.165) is 22.3 Å². The molecular weight excluding hydrogens is 695 g/mol. The van der Waals surface area contributed by atoms with Crippen molar-refractivity contribution in [1.29, 1.82) is 5.26 Å². The Morgan fingerprint density at radius 3 is 2.21 bits per heavy atom. The van der Waals surface area contributed by atoms with Crippen molar-refractivity contribution < 1.29 is 28.4 Å². The lowest BCUT2D eigenvalue weighted by atomic mass is 9.79. The van der Waals surface area contributed by atoms with Gasteiger partial charge in [0.15, 0.2) is 0 Å². The lowest BCUT2D eigenvalue weighted by Crippen LogP contribution is -2.39. The number of aromatic nitrogens is 2. The molecule has 3 unspecified atom stereocenters. The van der Waals surface area contributed by atoms with Gasteiger partial charge in [0.2, 0.25) is 0 Å². The van der Waals surface area contributed by atoms with Crippen molar-refractivity contribution >= 4 is 8.53 Å². The van der Waals surface area contributed by atoms with Crippen LogP contribution in [0.3, 0.4) is 0 Å². The van der Waals surface area contributed by atoms with Gasteiger partial charge < -0.3 is 28.4 Å². The summed E-state index contributed by atoms with van der Waals surface area (Å²) in [5.74, 6) is 0.688. The highest BCUT2D eigenvalue weighted by molar-refractivity contribution is 7.44. The van der Waals surface area contributed by atoms with Gasteiger partial charge in [0.1, 0.15) is 23.7 Å². The molecule has 12 nitrogen and oxygen atoms in total. The van der Waals surface area contributed by atoms with Gasteiger partial charge in [0.05, 0.1) is 45.5 Å². The van der Waals surface area contributed by atoms with E-state index in [2.05, 4.69) is 43.4 Å². The van der Waals surface area contributed by atoms with Crippen molar-refractivity contribution in [1.82, 2.24) is 14.2 Å². The van der Waals surface area contributed by atoms with Crippen molar-refractivity contribution in [3.63, 3.8) is 0 Å². The van der Waals surface area contributed by atoms with Crippen molar-refractivity contribution in [2.75, 3.05) is 20.3 Å². The molecule has 5 atom stereocenters. The molecule has 0 radical (unpaired) electrons. The zero-order valence-electron chi connectivity index (χ0n) is 31.1. The van der Waals surface area contributed by atoms with E-state index < -0.39 is 43.8 Å². The Kier molecular flexibility index (Phi) is 13.8. The molecule has 282 valence electrons. The first kappa shape index (κ1) is 40.0. The van der Waals surface area contributed by atoms with E-state index in [1.54, 1.807) is 14.0 Å². The van der Waals surface area contributed by atoms with E-state index in [4.69, 9.17) is 23.3 Å². The second-order valence-electron chi connectivity index (χ2n) is 13.5. The molecule has 0 spiro atoms. The van der Waals surface area contributed by atoms with Crippen molar-refractivity contribution in [2.24, 2.45) is 0 Å². The molecule has 4 aromatic rings. The van der Waals surface area contributed by atoms with Crippen LogP contribution in [0.2, 0.25) is 0 Å². The third-order valence-corrected chi connectivity index (χ3v) is 11.4. The van der Waals surface area contributed by atoms with Gasteiger partial charge in [0, 0.05) is 30.3 Å². The fourth-order valence-corrected chi connectivity index (χ4v) is 8.40. The predicted molar refractivity (Wildman–Crippen MR) is 202 cm³/mol. The average molecular weight is 745 g/mol. The first-order valence-electron chi connectivity index (χ1n) is 17.8. The Hall–Kier alpha value is -4.18. The summed E-state index contributed by atoms with van der Waals surface area (Å²) in [7, 11) is -0.0606. The molecule has 2 heterocycles. The maximum Gasteiger partial charge on any atom is 0.330 e. The van der Waals surface area contributed by atoms with Crippen molar-refractivity contribution in [3.05, 3.63) is 134 Å². The molecule has 0 aliphatic carbocycles. The molecule has 0 saturated carbocycles. The molecule has 0 amide bonds. The standard InChI is InChI=1S/C40H49N4O8P/c1-27(2)44(28(3)4)53(50-22-10-21-41)52-35-23-37(43-24-29(5)38(46)42-39(43)47)51-36(35)26-49-40(31-11-8-7-9-12-31,32-15-13-30(25-45)14-16-32)33-17-19-34(48-6)20-18-33/h7-9,11-20,24,27-28,35-37,45H,10,22-23,25-26H2,1-6H3,(H,42,46,47)/t35?,36-,37-,40?,53?/m1/s1. The number of rotatable bonds is 17. The number of nitrogens with zero attached hydrogens (tertiary/aromatic N) is 3. The number of methoxy groups -OCH3 is 1. The summed E-state index contributed by atoms with van der Waals surface area (Å²) in [6.07, 6.45) is -0.144. The normalized spacial score (nSPS) is 19.0. The van der Waals surface area contributed by atoms with Crippen LogP contribution in [0.5, 0.6) is 5.75 Å². The number of aryl methyl sites for hydroxylation is 1. The second-order valence-corrected chi connectivity index (χ2v) is 14.9. The molecular formula is C40H49N4O8P. The number of hydrogen-bond donors (Lipinski definition) is 2. The number of benzene rings is 3. The van der Waals surface area contributed by atoms with Crippen molar-refractivity contribution in [2.45, 2.75) is 90.2 Å². The van der Waals surface area contributed by atoms with E-state index >= 15 is 0 Å². The molecule has 1 aliphatic rings. The number of aromatic amines is 1. The zero-order valence-corrected chi connectivity index (χ0v) is 32.0. The van der Waals surface area contributed by atoms with Crippen LogP contribution >= 0.6 is 8.53 Å². The third kappa shape index (κ3) is 9.14. The van der Waals surface area contributed by atoms with Crippen LogP contribution in [-0.2, 0) is 30.7 Å². The lowest BCUT2D eigenvalue weighted by molar-refractivity contribution is -0.0926. The Morgan fingerprint density at radius 2 is 1.62 bits per heavy atom. The first-order valence-corrected chi connectivity index (χ1v) is 18.9. The molecule has 1 saturated heterocycles. The van der Waals surface area contributed by atoms with E-state index in [0.29, 0.717) is 11.3 Å². The van der Waals surface area contributed by atoms with Gasteiger partial charge in [-0.15, -0.1) is 0 Å². The summed E-state index contributed by atoms with van der Waals surface area (Å²) < 4.78 is 36.0. The SMILES string of the molecule is COc1ccc(C(OC[C@H]2O[C@@H](n3cc(C)c(=O)[nH]c3=O)CC2OP(OCCC#N)N(C(C)C)C(C)C)(c2ccccc2)c2ccc(CO)cc2)cc1. The molecule has 2 N–H and O–H groups in total. The van der Waals surface area contributed by atoms with Crippen LogP contribution < -0.4 is 16.0 Å². The highest BCUT2D eigenvalue weighted by atomic mass is 31.2. The molecule has 53 heavy (non-hydrogen) atoms.